The molecule has 0 N–H and O–H groups in total. The Morgan fingerprint density at radius 2 is 2.32 bits per heavy atom. The number of aliphatic carboxylic acids is 1. The van der Waals surface area contributed by atoms with Crippen molar-refractivity contribution in [1.29, 1.82) is 0 Å². The molecule has 1 amide bonds. The van der Waals surface area contributed by atoms with E-state index in [4.69, 9.17) is 0 Å². The second-order valence-corrected chi connectivity index (χ2v) is 6.94. The number of fused-ring (bicyclic) bond motifs is 2. The summed E-state index contributed by atoms with van der Waals surface area (Å²) in [7, 11) is 0. The summed E-state index contributed by atoms with van der Waals surface area (Å²) in [6.45, 7) is 0.935. The molecule has 1 aromatic rings. The molecule has 1 atom stereocenters. The first-order chi connectivity index (χ1) is 10.1. The number of nitrogens with zero attached hydrogens (tertiary/aromatic N) is 3. The van der Waals surface area contributed by atoms with E-state index in [0.29, 0.717) is 5.57 Å². The molecule has 4 heterocycles. The van der Waals surface area contributed by atoms with Crippen molar-refractivity contribution in [2.75, 3.05) is 5.75 Å². The van der Waals surface area contributed by atoms with Gasteiger partial charge in [0.05, 0.1) is 28.7 Å². The van der Waals surface area contributed by atoms with E-state index < -0.39 is 5.97 Å². The summed E-state index contributed by atoms with van der Waals surface area (Å²) in [6, 6.07) is 0. The predicted octanol–water partition coefficient (Wildman–Crippen LogP) is -2.98. The van der Waals surface area contributed by atoms with Crippen LogP contribution >= 0.6 is 23.5 Å². The largest absolute Gasteiger partial charge is 1.00 e. The molecule has 22 heavy (non-hydrogen) atoms. The molecule has 0 spiro atoms. The number of carbonyl (C=O) groups is 2. The van der Waals surface area contributed by atoms with Gasteiger partial charge in [0.2, 0.25) is 0 Å². The molecule has 108 valence electrons. The van der Waals surface area contributed by atoms with Crippen molar-refractivity contribution in [3.63, 3.8) is 0 Å². The van der Waals surface area contributed by atoms with Gasteiger partial charge in [-0.2, -0.15) is 11.8 Å². The fraction of sp³-hybridized carbons (Fsp3) is 0.308. The second-order valence-electron chi connectivity index (χ2n) is 4.88. The SMILES string of the molecule is O=C([O-])C1=CSC2/C(=C\c3cn4c(n3)CSCC4)C(=O)N12.[Na+]. The van der Waals surface area contributed by atoms with Crippen LogP contribution in [0.3, 0.4) is 0 Å². The van der Waals surface area contributed by atoms with Crippen molar-refractivity contribution in [2.24, 2.45) is 0 Å². The van der Waals surface area contributed by atoms with Gasteiger partial charge in [-0.15, -0.1) is 11.8 Å². The standard InChI is InChI=1S/C13H11N3O3S2.Na/c17-11-8(12-16(11)9(5-21-12)13(18)19)3-7-4-15-1-2-20-6-10(15)14-7;/h3-5,12H,1-2,6H2,(H,18,19);/q;+1/p-1/b8-3-;. The van der Waals surface area contributed by atoms with E-state index in [0.717, 1.165) is 29.6 Å². The zero-order valence-corrected chi connectivity index (χ0v) is 15.4. The van der Waals surface area contributed by atoms with Crippen LogP contribution in [-0.2, 0) is 21.9 Å². The average molecular weight is 343 g/mol. The number of β-lactam (4-membered cyclic amide) rings is 1. The van der Waals surface area contributed by atoms with Gasteiger partial charge in [0.1, 0.15) is 11.2 Å². The number of carboxylic acids is 1. The second kappa shape index (κ2) is 6.09. The number of hydrogen-bond donors (Lipinski definition) is 0. The summed E-state index contributed by atoms with van der Waals surface area (Å²) in [4.78, 5) is 28.8. The molecule has 0 bridgehead atoms. The Morgan fingerprint density at radius 1 is 1.50 bits per heavy atom. The quantitative estimate of drug-likeness (QED) is 0.324. The number of rotatable bonds is 2. The first kappa shape index (κ1) is 16.2. The minimum absolute atomic E-state index is 0. The van der Waals surface area contributed by atoms with Crippen LogP contribution in [0.1, 0.15) is 11.5 Å². The van der Waals surface area contributed by atoms with Gasteiger partial charge in [-0.25, -0.2) is 4.98 Å². The topological polar surface area (TPSA) is 78.3 Å². The number of carboxylic acid groups (broad SMARTS) is 1. The van der Waals surface area contributed by atoms with Crippen LogP contribution in [0.4, 0.5) is 0 Å². The van der Waals surface area contributed by atoms with Crippen molar-refractivity contribution in [3.05, 3.63) is 34.4 Å². The molecule has 3 aliphatic heterocycles. The van der Waals surface area contributed by atoms with Crippen LogP contribution in [0.2, 0.25) is 0 Å². The van der Waals surface area contributed by atoms with E-state index in [1.165, 1.54) is 22.1 Å². The van der Waals surface area contributed by atoms with Gasteiger partial charge in [-0.1, -0.05) is 0 Å². The monoisotopic (exact) mass is 343 g/mol. The Bertz CT molecular complexity index is 705. The number of carbonyl (C=O) groups excluding carboxylic acids is 2. The van der Waals surface area contributed by atoms with Crippen molar-refractivity contribution >= 4 is 41.5 Å². The van der Waals surface area contributed by atoms with E-state index in [9.17, 15) is 14.7 Å². The van der Waals surface area contributed by atoms with E-state index >= 15 is 0 Å². The number of hydrogen-bond acceptors (Lipinski definition) is 6. The summed E-state index contributed by atoms with van der Waals surface area (Å²) < 4.78 is 2.11. The fourth-order valence-corrected chi connectivity index (χ4v) is 4.60. The van der Waals surface area contributed by atoms with E-state index in [-0.39, 0.29) is 46.5 Å². The number of amides is 1. The van der Waals surface area contributed by atoms with Crippen LogP contribution < -0.4 is 34.7 Å². The van der Waals surface area contributed by atoms with E-state index in [1.807, 2.05) is 18.0 Å². The van der Waals surface area contributed by atoms with Crippen molar-refractivity contribution < 1.29 is 44.3 Å². The maximum absolute atomic E-state index is 12.1. The number of aryl methyl sites for hydroxylation is 1. The Kier molecular flexibility index (Phi) is 4.48. The summed E-state index contributed by atoms with van der Waals surface area (Å²) in [5, 5.41) is 12.1. The molecule has 0 aromatic carbocycles. The molecule has 3 aliphatic rings. The minimum atomic E-state index is -1.31. The van der Waals surface area contributed by atoms with E-state index in [1.54, 1.807) is 6.08 Å². The van der Waals surface area contributed by atoms with Crippen LogP contribution in [-0.4, -0.2) is 37.5 Å². The Morgan fingerprint density at radius 3 is 3.05 bits per heavy atom. The predicted molar refractivity (Wildman–Crippen MR) is 77.7 cm³/mol. The first-order valence-electron chi connectivity index (χ1n) is 6.41. The molecular weight excluding hydrogens is 333 g/mol. The maximum Gasteiger partial charge on any atom is 1.00 e. The van der Waals surface area contributed by atoms with Crippen molar-refractivity contribution in [1.82, 2.24) is 14.5 Å². The molecular formula is C13H10N3NaO3S2. The van der Waals surface area contributed by atoms with Crippen molar-refractivity contribution in [2.45, 2.75) is 17.7 Å². The molecule has 6 nitrogen and oxygen atoms in total. The molecule has 9 heteroatoms. The third kappa shape index (κ3) is 2.46. The molecule has 1 fully saturated rings. The average Bonchev–Trinajstić information content (AvgIpc) is 3.05. The fourth-order valence-electron chi connectivity index (χ4n) is 2.60. The Hall–Kier alpha value is -0.670. The van der Waals surface area contributed by atoms with Gasteiger partial charge in [-0.3, -0.25) is 9.69 Å². The van der Waals surface area contributed by atoms with Gasteiger partial charge < -0.3 is 14.5 Å². The summed E-state index contributed by atoms with van der Waals surface area (Å²) in [5.74, 6) is 1.39. The number of thioether (sulfide) groups is 2. The van der Waals surface area contributed by atoms with Crippen LogP contribution in [0, 0.1) is 0 Å². The van der Waals surface area contributed by atoms with Gasteiger partial charge >= 0.3 is 29.6 Å². The minimum Gasteiger partial charge on any atom is -0.543 e. The third-order valence-corrected chi connectivity index (χ3v) is 5.65. The van der Waals surface area contributed by atoms with Crippen LogP contribution in [0.25, 0.3) is 6.08 Å². The zero-order valence-electron chi connectivity index (χ0n) is 11.8. The molecule has 0 radical (unpaired) electrons. The first-order valence-corrected chi connectivity index (χ1v) is 8.51. The summed E-state index contributed by atoms with van der Waals surface area (Å²) in [6.07, 6.45) is 3.71. The van der Waals surface area contributed by atoms with Crippen molar-refractivity contribution in [3.8, 4) is 0 Å². The maximum atomic E-state index is 12.1. The van der Waals surface area contributed by atoms with Crippen LogP contribution in [0.5, 0.6) is 0 Å². The molecule has 1 aromatic heterocycles. The molecule has 1 saturated heterocycles. The van der Waals surface area contributed by atoms with E-state index in [2.05, 4.69) is 9.55 Å². The van der Waals surface area contributed by atoms with Gasteiger partial charge in [0.15, 0.2) is 0 Å². The smallest absolute Gasteiger partial charge is 0.543 e. The van der Waals surface area contributed by atoms with Gasteiger partial charge in [0, 0.05) is 18.5 Å². The Balaban J connectivity index is 0.00000144. The number of imidazole rings is 1. The number of aromatic nitrogens is 2. The molecule has 1 unspecified atom stereocenters. The van der Waals surface area contributed by atoms with Gasteiger partial charge in [-0.05, 0) is 11.5 Å². The molecule has 0 aliphatic carbocycles. The van der Waals surface area contributed by atoms with Gasteiger partial charge in [0.25, 0.3) is 5.91 Å². The normalized spacial score (nSPS) is 24.3. The third-order valence-electron chi connectivity index (χ3n) is 3.63. The van der Waals surface area contributed by atoms with Crippen LogP contribution in [0.15, 0.2) is 22.9 Å². The molecule has 0 saturated carbocycles. The summed E-state index contributed by atoms with van der Waals surface area (Å²) in [5.41, 5.74) is 1.31. The Labute approximate surface area is 157 Å². The zero-order chi connectivity index (χ0) is 14.6. The summed E-state index contributed by atoms with van der Waals surface area (Å²) >= 11 is 3.15. The molecule has 4 rings (SSSR count).